The predicted molar refractivity (Wildman–Crippen MR) is 133 cm³/mol. The molecule has 1 aliphatic rings. The number of carbonyl (C=O) groups excluding carboxylic acids is 1. The molecule has 192 valence electrons. The number of Topliss-reactive ketones (excluding diaryl/α,β-unsaturated/α-hetero) is 1. The number of hydrogen-bond acceptors (Lipinski definition) is 8. The summed E-state index contributed by atoms with van der Waals surface area (Å²) >= 11 is 0. The number of hydrogen-bond donors (Lipinski definition) is 2. The van der Waals surface area contributed by atoms with Gasteiger partial charge in [0.2, 0.25) is 6.29 Å². The van der Waals surface area contributed by atoms with E-state index in [0.29, 0.717) is 40.7 Å². The number of fused-ring (bicyclic) bond motifs is 1. The summed E-state index contributed by atoms with van der Waals surface area (Å²) in [6.07, 6.45) is -3.52. The van der Waals surface area contributed by atoms with Crippen LogP contribution in [0.4, 0.5) is 0 Å². The molecule has 1 aromatic heterocycles. The van der Waals surface area contributed by atoms with Gasteiger partial charge in [0.1, 0.15) is 35.4 Å². The van der Waals surface area contributed by atoms with E-state index >= 15 is 0 Å². The summed E-state index contributed by atoms with van der Waals surface area (Å²) in [6, 6.07) is 14.8. The minimum Gasteiger partial charge on any atom is -0.462 e. The number of benzene rings is 2. The highest BCUT2D eigenvalue weighted by Gasteiger charge is 2.50. The molecule has 2 aromatic carbocycles. The van der Waals surface area contributed by atoms with Gasteiger partial charge in [-0.3, -0.25) is 4.79 Å². The Balaban J connectivity index is 1.51. The van der Waals surface area contributed by atoms with Gasteiger partial charge < -0.3 is 28.8 Å². The minimum atomic E-state index is -1.35. The van der Waals surface area contributed by atoms with Gasteiger partial charge >= 0.3 is 5.63 Å². The van der Waals surface area contributed by atoms with Crippen molar-refractivity contribution in [3.05, 3.63) is 75.6 Å². The van der Waals surface area contributed by atoms with E-state index in [-0.39, 0.29) is 12.2 Å². The lowest BCUT2D eigenvalue weighted by molar-refractivity contribution is -0.306. The largest absolute Gasteiger partial charge is 0.462 e. The molecule has 8 nitrogen and oxygen atoms in total. The van der Waals surface area contributed by atoms with Crippen molar-refractivity contribution >= 4 is 16.8 Å². The first-order valence-corrected chi connectivity index (χ1v) is 12.0. The van der Waals surface area contributed by atoms with Crippen molar-refractivity contribution in [1.29, 1.82) is 0 Å². The molecule has 4 atom stereocenters. The molecule has 36 heavy (non-hydrogen) atoms. The Hall–Kier alpha value is -3.04. The van der Waals surface area contributed by atoms with E-state index in [1.807, 2.05) is 30.3 Å². The number of aryl methyl sites for hydroxylation is 2. The fourth-order valence-corrected chi connectivity index (χ4v) is 4.66. The van der Waals surface area contributed by atoms with Crippen molar-refractivity contribution in [1.82, 2.24) is 0 Å². The number of aliphatic hydroxyl groups is 2. The molecule has 0 aliphatic carbocycles. The number of ether oxygens (including phenoxy) is 3. The Kier molecular flexibility index (Phi) is 7.61. The summed E-state index contributed by atoms with van der Waals surface area (Å²) in [6.45, 7) is 5.20. The van der Waals surface area contributed by atoms with E-state index in [9.17, 15) is 19.8 Å². The number of carbonyl (C=O) groups is 1. The van der Waals surface area contributed by atoms with Gasteiger partial charge in [0.15, 0.2) is 0 Å². The molecule has 4 rings (SSSR count). The molecule has 0 radical (unpaired) electrons. The van der Waals surface area contributed by atoms with Crippen LogP contribution in [0.1, 0.15) is 37.0 Å². The Morgan fingerprint density at radius 3 is 2.50 bits per heavy atom. The van der Waals surface area contributed by atoms with Gasteiger partial charge in [-0.25, -0.2) is 4.79 Å². The summed E-state index contributed by atoms with van der Waals surface area (Å²) in [5, 5.41) is 21.7. The summed E-state index contributed by atoms with van der Waals surface area (Å²) < 4.78 is 22.7. The fraction of sp³-hybridized carbons (Fsp3) is 0.429. The highest BCUT2D eigenvalue weighted by molar-refractivity contribution is 5.85. The van der Waals surface area contributed by atoms with E-state index in [1.165, 1.54) is 7.11 Å². The molecule has 0 unspecified atom stereocenters. The molecule has 2 heterocycles. The maximum atomic E-state index is 12.7. The zero-order valence-electron chi connectivity index (χ0n) is 20.9. The second-order valence-electron chi connectivity index (χ2n) is 9.71. The van der Waals surface area contributed by atoms with Crippen molar-refractivity contribution in [3.63, 3.8) is 0 Å². The third-order valence-corrected chi connectivity index (χ3v) is 6.64. The molecule has 8 heteroatoms. The van der Waals surface area contributed by atoms with E-state index < -0.39 is 35.8 Å². The highest BCUT2D eigenvalue weighted by atomic mass is 16.7. The van der Waals surface area contributed by atoms with Gasteiger partial charge in [-0.1, -0.05) is 30.3 Å². The molecule has 2 N–H and O–H groups in total. The van der Waals surface area contributed by atoms with E-state index in [4.69, 9.17) is 18.6 Å². The van der Waals surface area contributed by atoms with Crippen LogP contribution in [0.3, 0.4) is 0 Å². The Morgan fingerprint density at radius 2 is 1.81 bits per heavy atom. The molecule has 0 bridgehead atoms. The van der Waals surface area contributed by atoms with Crippen LogP contribution in [0.2, 0.25) is 0 Å². The Morgan fingerprint density at radius 1 is 1.08 bits per heavy atom. The monoisotopic (exact) mass is 496 g/mol. The molecular weight excluding hydrogens is 464 g/mol. The van der Waals surface area contributed by atoms with Crippen LogP contribution in [0.5, 0.6) is 5.75 Å². The second-order valence-corrected chi connectivity index (χ2v) is 9.71. The normalized spacial score (nSPS) is 23.5. The van der Waals surface area contributed by atoms with Crippen molar-refractivity contribution < 1.29 is 33.6 Å². The molecule has 0 saturated carbocycles. The fourth-order valence-electron chi connectivity index (χ4n) is 4.66. The van der Waals surface area contributed by atoms with Gasteiger partial charge in [0, 0.05) is 36.5 Å². The Labute approximate surface area is 209 Å². The molecular formula is C28H32O8. The van der Waals surface area contributed by atoms with Crippen molar-refractivity contribution in [3.8, 4) is 5.75 Å². The van der Waals surface area contributed by atoms with Crippen LogP contribution >= 0.6 is 0 Å². The maximum absolute atomic E-state index is 12.7. The van der Waals surface area contributed by atoms with E-state index in [0.717, 1.165) is 5.56 Å². The van der Waals surface area contributed by atoms with Crippen molar-refractivity contribution in [2.45, 2.75) is 70.2 Å². The van der Waals surface area contributed by atoms with Gasteiger partial charge in [0.05, 0.1) is 5.60 Å². The SMILES string of the molecule is CO[C@@H]1[C@@H](O)[C@@H](O)[C@H](Oc2ccc3cc(CC(=O)CCc4ccccc4)c(=O)oc3c2C)OC1(C)C. The van der Waals surface area contributed by atoms with Crippen LogP contribution in [-0.4, -0.2) is 53.3 Å². The summed E-state index contributed by atoms with van der Waals surface area (Å²) in [7, 11) is 1.44. The van der Waals surface area contributed by atoms with E-state index in [1.54, 1.807) is 39.0 Å². The van der Waals surface area contributed by atoms with Crippen molar-refractivity contribution in [2.75, 3.05) is 7.11 Å². The average Bonchev–Trinajstić information content (AvgIpc) is 2.84. The zero-order valence-corrected chi connectivity index (χ0v) is 20.9. The first-order valence-electron chi connectivity index (χ1n) is 12.0. The van der Waals surface area contributed by atoms with Gasteiger partial charge in [-0.15, -0.1) is 0 Å². The lowest BCUT2D eigenvalue weighted by atomic mass is 9.89. The van der Waals surface area contributed by atoms with Crippen molar-refractivity contribution in [2.24, 2.45) is 0 Å². The number of rotatable bonds is 8. The molecule has 0 amide bonds. The third-order valence-electron chi connectivity index (χ3n) is 6.64. The molecule has 3 aromatic rings. The summed E-state index contributed by atoms with van der Waals surface area (Å²) in [5.41, 5.74) is 0.721. The number of aliphatic hydroxyl groups excluding tert-OH is 2. The zero-order chi connectivity index (χ0) is 26.0. The lowest BCUT2D eigenvalue weighted by Crippen LogP contribution is -2.63. The average molecular weight is 497 g/mol. The molecule has 0 spiro atoms. The maximum Gasteiger partial charge on any atom is 0.339 e. The van der Waals surface area contributed by atoms with E-state index in [2.05, 4.69) is 0 Å². The first-order chi connectivity index (χ1) is 17.1. The highest BCUT2D eigenvalue weighted by Crippen LogP contribution is 2.34. The Bertz CT molecular complexity index is 1280. The molecule has 1 saturated heterocycles. The quantitative estimate of drug-likeness (QED) is 0.457. The molecule has 1 aliphatic heterocycles. The number of methoxy groups -OCH3 is 1. The molecule has 1 fully saturated rings. The van der Waals surface area contributed by atoms with Crippen LogP contribution in [0.25, 0.3) is 11.0 Å². The number of ketones is 1. The second kappa shape index (κ2) is 10.5. The van der Waals surface area contributed by atoms with Gasteiger partial charge in [-0.2, -0.15) is 0 Å². The standard InChI is InChI=1S/C28H32O8/c1-16-21(34-27-23(31)22(30)25(33-4)28(2,3)36-27)13-11-18-14-19(26(32)35-24(16)18)15-20(29)12-10-17-8-6-5-7-9-17/h5-9,11,13-14,22-23,25,27,30-31H,10,12,15H2,1-4H3/t22-,23+,25+,27+/m0/s1. The van der Waals surface area contributed by atoms with Crippen LogP contribution in [0, 0.1) is 6.92 Å². The topological polar surface area (TPSA) is 115 Å². The summed E-state index contributed by atoms with van der Waals surface area (Å²) in [5.74, 6) is 0.293. The minimum absolute atomic E-state index is 0.00184. The predicted octanol–water partition coefficient (Wildman–Crippen LogP) is 3.10. The van der Waals surface area contributed by atoms with Gasteiger partial charge in [0.25, 0.3) is 0 Å². The smallest absolute Gasteiger partial charge is 0.339 e. The van der Waals surface area contributed by atoms with Gasteiger partial charge in [-0.05, 0) is 51.0 Å². The van der Waals surface area contributed by atoms with Crippen LogP contribution < -0.4 is 10.4 Å². The lowest BCUT2D eigenvalue weighted by Gasteiger charge is -2.46. The van der Waals surface area contributed by atoms with Crippen LogP contribution in [0.15, 0.2) is 57.7 Å². The third kappa shape index (κ3) is 5.37. The van der Waals surface area contributed by atoms with Crippen LogP contribution in [-0.2, 0) is 27.1 Å². The first kappa shape index (κ1) is 26.0. The summed E-state index contributed by atoms with van der Waals surface area (Å²) in [4.78, 5) is 25.2.